The van der Waals surface area contributed by atoms with E-state index in [-0.39, 0.29) is 53.3 Å². The first-order valence-electron chi connectivity index (χ1n) is 11.0. The molecule has 0 N–H and O–H groups in total. The van der Waals surface area contributed by atoms with E-state index in [9.17, 15) is 18.0 Å². The highest BCUT2D eigenvalue weighted by atomic mass is 35.5. The summed E-state index contributed by atoms with van der Waals surface area (Å²) in [7, 11) is -3.93. The Labute approximate surface area is 194 Å². The number of esters is 1. The Morgan fingerprint density at radius 2 is 1.88 bits per heavy atom. The van der Waals surface area contributed by atoms with E-state index < -0.39 is 16.0 Å². The van der Waals surface area contributed by atoms with Crippen LogP contribution in [0.25, 0.3) is 0 Å². The zero-order valence-electron chi connectivity index (χ0n) is 18.8. The zero-order chi connectivity index (χ0) is 23.5. The van der Waals surface area contributed by atoms with Crippen molar-refractivity contribution in [1.82, 2.24) is 9.21 Å². The minimum Gasteiger partial charge on any atom is -0.452 e. The second-order valence-corrected chi connectivity index (χ2v) is 10.9. The average molecular weight is 487 g/mol. The van der Waals surface area contributed by atoms with Crippen LogP contribution in [0, 0.1) is 5.92 Å². The Morgan fingerprint density at radius 3 is 2.47 bits per heavy atom. The first-order chi connectivity index (χ1) is 15.1. The summed E-state index contributed by atoms with van der Waals surface area (Å²) in [5.41, 5.74) is 0.0272. The predicted molar refractivity (Wildman–Crippen MR) is 120 cm³/mol. The molecule has 1 aliphatic carbocycles. The van der Waals surface area contributed by atoms with E-state index in [0.29, 0.717) is 19.0 Å². The smallest absolute Gasteiger partial charge is 0.338 e. The fourth-order valence-corrected chi connectivity index (χ4v) is 5.89. The molecule has 8 nitrogen and oxygen atoms in total. The molecule has 1 aliphatic heterocycles. The van der Waals surface area contributed by atoms with E-state index >= 15 is 0 Å². The standard InChI is InChI=1S/C22H31ClN2O6S/c1-4-9-24(13-17-5-6-17)21(26)14-30-22(27)18-7-8-19(23)20(10-18)32(28,29)25-11-15(2)31-16(3)12-25/h7-8,10,15-17H,4-6,9,11-14H2,1-3H3. The van der Waals surface area contributed by atoms with Crippen LogP contribution in [0.2, 0.25) is 5.02 Å². The minimum atomic E-state index is -3.93. The maximum atomic E-state index is 13.2. The van der Waals surface area contributed by atoms with Gasteiger partial charge in [0.15, 0.2) is 6.61 Å². The molecule has 0 spiro atoms. The highest BCUT2D eigenvalue weighted by Crippen LogP contribution is 2.30. The van der Waals surface area contributed by atoms with E-state index in [1.807, 2.05) is 6.92 Å². The summed E-state index contributed by atoms with van der Waals surface area (Å²) >= 11 is 6.19. The summed E-state index contributed by atoms with van der Waals surface area (Å²) in [5, 5.41) is 0.0166. The number of nitrogens with zero attached hydrogens (tertiary/aromatic N) is 2. The maximum Gasteiger partial charge on any atom is 0.338 e. The molecule has 1 aromatic carbocycles. The SMILES string of the molecule is CCCN(CC1CC1)C(=O)COC(=O)c1ccc(Cl)c(S(=O)(=O)N2CC(C)OC(C)C2)c1. The monoisotopic (exact) mass is 486 g/mol. The number of hydrogen-bond donors (Lipinski definition) is 0. The molecule has 0 aromatic heterocycles. The number of amides is 1. The second kappa shape index (κ2) is 10.5. The van der Waals surface area contributed by atoms with Gasteiger partial charge in [-0.1, -0.05) is 18.5 Å². The number of halogens is 1. The quantitative estimate of drug-likeness (QED) is 0.498. The van der Waals surface area contributed by atoms with Gasteiger partial charge in [-0.2, -0.15) is 4.31 Å². The van der Waals surface area contributed by atoms with Crippen LogP contribution in [0.1, 0.15) is 50.4 Å². The summed E-state index contributed by atoms with van der Waals surface area (Å²) in [4.78, 5) is 26.6. The van der Waals surface area contributed by atoms with E-state index in [4.69, 9.17) is 21.1 Å². The van der Waals surface area contributed by atoms with Gasteiger partial charge in [0.2, 0.25) is 10.0 Å². The van der Waals surface area contributed by atoms with Gasteiger partial charge in [-0.05, 0) is 57.2 Å². The lowest BCUT2D eigenvalue weighted by Crippen LogP contribution is -2.48. The van der Waals surface area contributed by atoms with Crippen LogP contribution in [-0.2, 0) is 24.3 Å². The first kappa shape index (κ1) is 25.0. The molecule has 1 heterocycles. The van der Waals surface area contributed by atoms with Gasteiger partial charge in [-0.3, -0.25) is 4.79 Å². The number of benzene rings is 1. The Bertz CT molecular complexity index is 940. The van der Waals surface area contributed by atoms with Crippen LogP contribution in [0.5, 0.6) is 0 Å². The molecule has 3 rings (SSSR count). The van der Waals surface area contributed by atoms with E-state index in [1.165, 1.54) is 22.5 Å². The van der Waals surface area contributed by atoms with Crippen LogP contribution < -0.4 is 0 Å². The molecular weight excluding hydrogens is 456 g/mol. The molecule has 1 saturated carbocycles. The molecule has 1 aromatic rings. The van der Waals surface area contributed by atoms with E-state index in [2.05, 4.69) is 0 Å². The molecule has 2 aliphatic rings. The van der Waals surface area contributed by atoms with E-state index in [1.54, 1.807) is 18.7 Å². The zero-order valence-corrected chi connectivity index (χ0v) is 20.3. The summed E-state index contributed by atoms with van der Waals surface area (Å²) in [5.74, 6) is -0.473. The van der Waals surface area contributed by atoms with Crippen LogP contribution in [0.4, 0.5) is 0 Å². The molecule has 0 radical (unpaired) electrons. The number of morpholine rings is 1. The molecule has 178 valence electrons. The fourth-order valence-electron chi connectivity index (χ4n) is 3.80. The minimum absolute atomic E-state index is 0.0166. The van der Waals surface area contributed by atoms with Gasteiger partial charge in [-0.25, -0.2) is 13.2 Å². The highest BCUT2D eigenvalue weighted by molar-refractivity contribution is 7.89. The molecule has 1 saturated heterocycles. The molecule has 2 unspecified atom stereocenters. The summed E-state index contributed by atoms with van der Waals surface area (Å²) < 4.78 is 38.5. The molecular formula is C22H31ClN2O6S. The molecule has 2 fully saturated rings. The van der Waals surface area contributed by atoms with Gasteiger partial charge in [0.05, 0.1) is 22.8 Å². The summed E-state index contributed by atoms with van der Waals surface area (Å²) in [6.45, 7) is 6.91. The molecule has 0 bridgehead atoms. The van der Waals surface area contributed by atoms with E-state index in [0.717, 1.165) is 19.3 Å². The van der Waals surface area contributed by atoms with Crippen molar-refractivity contribution in [3.63, 3.8) is 0 Å². The topological polar surface area (TPSA) is 93.2 Å². The molecule has 1 amide bonds. The summed E-state index contributed by atoms with van der Waals surface area (Å²) in [6.07, 6.45) is 2.55. The highest BCUT2D eigenvalue weighted by Gasteiger charge is 2.34. The number of carbonyl (C=O) groups excluding carboxylic acids is 2. The van der Waals surface area contributed by atoms with Gasteiger partial charge in [0.1, 0.15) is 4.90 Å². The normalized spacial score (nSPS) is 21.9. The Kier molecular flexibility index (Phi) is 8.19. The third-order valence-electron chi connectivity index (χ3n) is 5.52. The Hall–Kier alpha value is -1.68. The number of rotatable bonds is 9. The van der Waals surface area contributed by atoms with Gasteiger partial charge < -0.3 is 14.4 Å². The number of sulfonamides is 1. The predicted octanol–water partition coefficient (Wildman–Crippen LogP) is 2.94. The number of carbonyl (C=O) groups is 2. The maximum absolute atomic E-state index is 13.2. The van der Waals surface area contributed by atoms with Crippen molar-refractivity contribution in [1.29, 1.82) is 0 Å². The van der Waals surface area contributed by atoms with Crippen LogP contribution >= 0.6 is 11.6 Å². The molecule has 10 heteroatoms. The Morgan fingerprint density at radius 1 is 1.22 bits per heavy atom. The van der Waals surface area contributed by atoms with Crippen molar-refractivity contribution in [3.05, 3.63) is 28.8 Å². The van der Waals surface area contributed by atoms with Crippen molar-refractivity contribution < 1.29 is 27.5 Å². The van der Waals surface area contributed by atoms with Crippen molar-refractivity contribution in [2.24, 2.45) is 5.92 Å². The van der Waals surface area contributed by atoms with Crippen molar-refractivity contribution >= 4 is 33.5 Å². The average Bonchev–Trinajstić information content (AvgIpc) is 3.55. The first-order valence-corrected chi connectivity index (χ1v) is 12.8. The number of hydrogen-bond acceptors (Lipinski definition) is 6. The van der Waals surface area contributed by atoms with Gasteiger partial charge >= 0.3 is 5.97 Å². The van der Waals surface area contributed by atoms with Crippen LogP contribution in [0.3, 0.4) is 0 Å². The van der Waals surface area contributed by atoms with Crippen molar-refractivity contribution in [3.8, 4) is 0 Å². The number of ether oxygens (including phenoxy) is 2. The lowest BCUT2D eigenvalue weighted by Gasteiger charge is -2.34. The van der Waals surface area contributed by atoms with Gasteiger partial charge in [-0.15, -0.1) is 0 Å². The fraction of sp³-hybridized carbons (Fsp3) is 0.636. The summed E-state index contributed by atoms with van der Waals surface area (Å²) in [6, 6.07) is 3.96. The third-order valence-corrected chi connectivity index (χ3v) is 7.83. The Balaban J connectivity index is 1.70. The lowest BCUT2D eigenvalue weighted by molar-refractivity contribution is -0.134. The van der Waals surface area contributed by atoms with Crippen molar-refractivity contribution in [2.45, 2.75) is 57.1 Å². The second-order valence-electron chi connectivity index (χ2n) is 8.58. The largest absolute Gasteiger partial charge is 0.452 e. The third kappa shape index (κ3) is 6.21. The lowest BCUT2D eigenvalue weighted by atomic mass is 10.2. The van der Waals surface area contributed by atoms with Gasteiger partial charge in [0.25, 0.3) is 5.91 Å². The van der Waals surface area contributed by atoms with Gasteiger partial charge in [0, 0.05) is 26.2 Å². The molecule has 32 heavy (non-hydrogen) atoms. The van der Waals surface area contributed by atoms with Crippen LogP contribution in [0.15, 0.2) is 23.1 Å². The molecule has 2 atom stereocenters. The van der Waals surface area contributed by atoms with Crippen molar-refractivity contribution in [2.75, 3.05) is 32.8 Å². The van der Waals surface area contributed by atoms with Crippen LogP contribution in [-0.4, -0.2) is 74.5 Å².